The highest BCUT2D eigenvalue weighted by atomic mass is 16.5. The Bertz CT molecular complexity index is 1010. The average molecular weight is 376 g/mol. The Labute approximate surface area is 167 Å². The normalized spacial score (nSPS) is 13.0. The van der Waals surface area contributed by atoms with E-state index in [4.69, 9.17) is 4.74 Å². The Balaban J connectivity index is 1.53. The van der Waals surface area contributed by atoms with Crippen molar-refractivity contribution in [2.45, 2.75) is 52.5 Å². The third kappa shape index (κ3) is 4.09. The number of nitrogens with zero attached hydrogens (tertiary/aromatic N) is 1. The molecule has 0 atom stereocenters. The molecule has 1 aliphatic carbocycles. The van der Waals surface area contributed by atoms with Gasteiger partial charge in [0, 0.05) is 17.6 Å². The molecule has 3 heteroatoms. The molecule has 1 aliphatic rings. The second kappa shape index (κ2) is 8.14. The van der Waals surface area contributed by atoms with Gasteiger partial charge in [0.2, 0.25) is 0 Å². The van der Waals surface area contributed by atoms with Crippen LogP contribution in [0.1, 0.15) is 49.4 Å². The van der Waals surface area contributed by atoms with E-state index in [0.29, 0.717) is 5.75 Å². The quantitative estimate of drug-likeness (QED) is 0.448. The van der Waals surface area contributed by atoms with E-state index in [0.717, 1.165) is 54.6 Å². The number of allylic oxidation sites excluding steroid dienone is 2. The van der Waals surface area contributed by atoms with Crippen LogP contribution in [-0.2, 0) is 13.0 Å². The van der Waals surface area contributed by atoms with Gasteiger partial charge in [-0.05, 0) is 73.2 Å². The van der Waals surface area contributed by atoms with Gasteiger partial charge in [-0.2, -0.15) is 0 Å². The van der Waals surface area contributed by atoms with E-state index in [1.165, 1.54) is 29.7 Å². The van der Waals surface area contributed by atoms with Gasteiger partial charge in [0.25, 0.3) is 0 Å². The lowest BCUT2D eigenvalue weighted by Gasteiger charge is -2.12. The molecule has 4 rings (SSSR count). The van der Waals surface area contributed by atoms with E-state index in [-0.39, 0.29) is 0 Å². The van der Waals surface area contributed by atoms with Crippen LogP contribution in [0.4, 0.5) is 0 Å². The molecular formula is C25H29NO2. The summed E-state index contributed by atoms with van der Waals surface area (Å²) in [6, 6.07) is 14.6. The van der Waals surface area contributed by atoms with Gasteiger partial charge in [0.1, 0.15) is 11.5 Å². The summed E-state index contributed by atoms with van der Waals surface area (Å²) in [6.07, 6.45) is 7.77. The highest BCUT2D eigenvalue weighted by Gasteiger charge is 2.19. The minimum atomic E-state index is 0.374. The summed E-state index contributed by atoms with van der Waals surface area (Å²) in [5.41, 5.74) is 6.10. The summed E-state index contributed by atoms with van der Waals surface area (Å²) in [5, 5.41) is 11.3. The van der Waals surface area contributed by atoms with Crippen molar-refractivity contribution in [3.05, 3.63) is 65.4 Å². The third-order valence-electron chi connectivity index (χ3n) is 5.42. The minimum absolute atomic E-state index is 0.374. The molecule has 0 amide bonds. The Hall–Kier alpha value is -2.68. The number of unbranched alkanes of at least 4 members (excludes halogenated alkanes) is 2. The van der Waals surface area contributed by atoms with E-state index in [1.54, 1.807) is 0 Å². The Morgan fingerprint density at radius 2 is 1.96 bits per heavy atom. The molecule has 0 unspecified atom stereocenters. The summed E-state index contributed by atoms with van der Waals surface area (Å²) in [6.45, 7) is 5.92. The lowest BCUT2D eigenvalue weighted by molar-refractivity contribution is 0.306. The van der Waals surface area contributed by atoms with Gasteiger partial charge >= 0.3 is 0 Å². The van der Waals surface area contributed by atoms with E-state index in [9.17, 15) is 5.11 Å². The number of aryl methyl sites for hydroxylation is 3. The van der Waals surface area contributed by atoms with Gasteiger partial charge in [0.05, 0.1) is 12.1 Å². The van der Waals surface area contributed by atoms with E-state index >= 15 is 0 Å². The number of phenolic OH excluding ortho intramolecular Hbond substituents is 1. The van der Waals surface area contributed by atoms with Crippen LogP contribution >= 0.6 is 0 Å². The van der Waals surface area contributed by atoms with Crippen LogP contribution < -0.4 is 4.74 Å². The lowest BCUT2D eigenvalue weighted by atomic mass is 10.1. The maximum absolute atomic E-state index is 10.4. The van der Waals surface area contributed by atoms with Crippen LogP contribution in [0, 0.1) is 6.92 Å². The first-order chi connectivity index (χ1) is 13.7. The predicted octanol–water partition coefficient (Wildman–Crippen LogP) is 6.25. The Morgan fingerprint density at radius 1 is 1.11 bits per heavy atom. The molecule has 0 saturated heterocycles. The number of hydrogen-bond donors (Lipinski definition) is 1. The molecule has 2 aromatic carbocycles. The summed E-state index contributed by atoms with van der Waals surface area (Å²) >= 11 is 0. The van der Waals surface area contributed by atoms with Crippen molar-refractivity contribution in [2.24, 2.45) is 0 Å². The van der Waals surface area contributed by atoms with Gasteiger partial charge in [0.15, 0.2) is 0 Å². The fraction of sp³-hybridized carbons (Fsp3) is 0.360. The molecule has 1 N–H and O–H groups in total. The van der Waals surface area contributed by atoms with E-state index in [1.807, 2.05) is 19.1 Å². The SMILES string of the molecule is CCCCCOc1cccc(CCn2c(C3=CC3)cc3c(O)cc(C)cc32)c1. The predicted molar refractivity (Wildman–Crippen MR) is 116 cm³/mol. The Morgan fingerprint density at radius 3 is 2.75 bits per heavy atom. The minimum Gasteiger partial charge on any atom is -0.507 e. The van der Waals surface area contributed by atoms with Crippen LogP contribution in [-0.4, -0.2) is 16.3 Å². The fourth-order valence-electron chi connectivity index (χ4n) is 3.82. The number of phenols is 1. The smallest absolute Gasteiger partial charge is 0.125 e. The van der Waals surface area contributed by atoms with Crippen molar-refractivity contribution in [3.63, 3.8) is 0 Å². The first kappa shape index (κ1) is 18.7. The summed E-state index contributed by atoms with van der Waals surface area (Å²) in [4.78, 5) is 0. The van der Waals surface area contributed by atoms with Crippen molar-refractivity contribution in [2.75, 3.05) is 6.61 Å². The molecule has 0 aliphatic heterocycles. The number of hydrogen-bond acceptors (Lipinski definition) is 2. The van der Waals surface area contributed by atoms with Gasteiger partial charge in [-0.15, -0.1) is 0 Å². The second-order valence-corrected chi connectivity index (χ2v) is 7.78. The van der Waals surface area contributed by atoms with Gasteiger partial charge in [-0.1, -0.05) is 38.0 Å². The largest absolute Gasteiger partial charge is 0.507 e. The van der Waals surface area contributed by atoms with Gasteiger partial charge in [-0.3, -0.25) is 0 Å². The van der Waals surface area contributed by atoms with Crippen LogP contribution in [0.25, 0.3) is 16.5 Å². The average Bonchev–Trinajstić information content (AvgIpc) is 3.46. The molecule has 0 radical (unpaired) electrons. The van der Waals surface area contributed by atoms with Crippen LogP contribution in [0.3, 0.4) is 0 Å². The van der Waals surface area contributed by atoms with Gasteiger partial charge in [-0.25, -0.2) is 0 Å². The number of rotatable bonds is 9. The van der Waals surface area contributed by atoms with Crippen LogP contribution in [0.15, 0.2) is 48.5 Å². The highest BCUT2D eigenvalue weighted by Crippen LogP contribution is 2.38. The molecule has 0 bridgehead atoms. The molecule has 146 valence electrons. The maximum atomic E-state index is 10.4. The monoisotopic (exact) mass is 375 g/mol. The van der Waals surface area contributed by atoms with Crippen LogP contribution in [0.2, 0.25) is 0 Å². The fourth-order valence-corrected chi connectivity index (χ4v) is 3.82. The van der Waals surface area contributed by atoms with Crippen molar-refractivity contribution in [3.8, 4) is 11.5 Å². The number of ether oxygens (including phenoxy) is 1. The molecule has 3 nitrogen and oxygen atoms in total. The third-order valence-corrected chi connectivity index (χ3v) is 5.42. The zero-order valence-electron chi connectivity index (χ0n) is 16.9. The zero-order valence-corrected chi connectivity index (χ0v) is 16.9. The standard InChI is InChI=1S/C25H29NO2/c1-3-4-5-13-28-21-8-6-7-19(16-21)11-12-26-23(20-9-10-20)17-22-24(26)14-18(2)15-25(22)27/h6-9,14-17,27H,3-5,10-13H2,1-2H3. The van der Waals surface area contributed by atoms with E-state index < -0.39 is 0 Å². The number of aromatic nitrogens is 1. The number of fused-ring (bicyclic) bond motifs is 1. The topological polar surface area (TPSA) is 34.4 Å². The van der Waals surface area contributed by atoms with Crippen molar-refractivity contribution in [1.82, 2.24) is 4.57 Å². The molecule has 3 aromatic rings. The zero-order chi connectivity index (χ0) is 19.5. The number of aromatic hydroxyl groups is 1. The lowest BCUT2D eigenvalue weighted by Crippen LogP contribution is -2.04. The first-order valence-corrected chi connectivity index (χ1v) is 10.4. The summed E-state index contributed by atoms with van der Waals surface area (Å²) < 4.78 is 8.27. The van der Waals surface area contributed by atoms with Crippen molar-refractivity contribution < 1.29 is 9.84 Å². The van der Waals surface area contributed by atoms with Crippen LogP contribution in [0.5, 0.6) is 11.5 Å². The second-order valence-electron chi connectivity index (χ2n) is 7.78. The molecule has 1 aromatic heterocycles. The van der Waals surface area contributed by atoms with Crippen molar-refractivity contribution in [1.29, 1.82) is 0 Å². The highest BCUT2D eigenvalue weighted by molar-refractivity contribution is 5.93. The van der Waals surface area contributed by atoms with E-state index in [2.05, 4.69) is 47.9 Å². The summed E-state index contributed by atoms with van der Waals surface area (Å²) in [7, 11) is 0. The molecule has 1 heterocycles. The molecule has 28 heavy (non-hydrogen) atoms. The molecular weight excluding hydrogens is 346 g/mol. The Kier molecular flexibility index (Phi) is 5.43. The number of benzene rings is 2. The van der Waals surface area contributed by atoms with Crippen molar-refractivity contribution >= 4 is 16.5 Å². The maximum Gasteiger partial charge on any atom is 0.125 e. The molecule has 0 spiro atoms. The first-order valence-electron chi connectivity index (χ1n) is 10.4. The van der Waals surface area contributed by atoms with Gasteiger partial charge < -0.3 is 14.4 Å². The summed E-state index contributed by atoms with van der Waals surface area (Å²) in [5.74, 6) is 1.34. The molecule has 0 saturated carbocycles. The molecule has 0 fully saturated rings.